The van der Waals surface area contributed by atoms with Crippen molar-refractivity contribution in [3.05, 3.63) is 22.5 Å². The maximum Gasteiger partial charge on any atom is 0.0686 e. The summed E-state index contributed by atoms with van der Waals surface area (Å²) in [5.41, 5.74) is 4.49. The van der Waals surface area contributed by atoms with Gasteiger partial charge >= 0.3 is 0 Å². The Morgan fingerprint density at radius 1 is 1.06 bits per heavy atom. The molecule has 1 atom stereocenters. The molecule has 92 valence electrons. The predicted octanol–water partition coefficient (Wildman–Crippen LogP) is 5.02. The fourth-order valence-corrected chi connectivity index (χ4v) is 4.79. The van der Waals surface area contributed by atoms with Crippen molar-refractivity contribution in [2.75, 3.05) is 0 Å². The lowest BCUT2D eigenvalue weighted by molar-refractivity contribution is 0.739. The highest BCUT2D eigenvalue weighted by Gasteiger charge is 2.24. The van der Waals surface area contributed by atoms with Crippen LogP contribution in [0.5, 0.6) is 0 Å². The molecule has 1 unspecified atom stereocenters. The zero-order valence-electron chi connectivity index (χ0n) is 14.0. The maximum atomic E-state index is 8.41. The topological polar surface area (TPSA) is 0 Å². The zero-order chi connectivity index (χ0) is 14.3. The average molecular weight is 255 g/mol. The fourth-order valence-electron chi connectivity index (χ4n) is 2.24. The van der Waals surface area contributed by atoms with E-state index < -0.39 is 16.1 Å². The van der Waals surface area contributed by atoms with Crippen LogP contribution in [0.25, 0.3) is 0 Å². The van der Waals surface area contributed by atoms with Crippen LogP contribution >= 0.6 is 0 Å². The van der Waals surface area contributed by atoms with Gasteiger partial charge in [-0.1, -0.05) is 68.7 Å². The first kappa shape index (κ1) is 11.0. The molecule has 0 aromatic carbocycles. The van der Waals surface area contributed by atoms with Gasteiger partial charge in [-0.15, -0.1) is 0 Å². The molecule has 0 heterocycles. The van der Waals surface area contributed by atoms with Crippen LogP contribution < -0.4 is 0 Å². The Morgan fingerprint density at radius 2 is 1.56 bits per heavy atom. The molecule has 0 radical (unpaired) electrons. The first-order valence-electron chi connectivity index (χ1n) is 7.33. The van der Waals surface area contributed by atoms with Gasteiger partial charge in [-0.2, -0.15) is 0 Å². The first-order chi connectivity index (χ1) is 7.94. The molecule has 1 aliphatic carbocycles. The van der Waals surface area contributed by atoms with Gasteiger partial charge in [0.1, 0.15) is 0 Å². The van der Waals surface area contributed by atoms with Crippen molar-refractivity contribution in [1.29, 1.82) is 0 Å². The fraction of sp³-hybridized carbons (Fsp3) is 0.714. The monoisotopic (exact) mass is 254 g/mol. The molecule has 1 rings (SSSR count). The summed E-state index contributed by atoms with van der Waals surface area (Å²) < 4.78 is 16.8. The summed E-state index contributed by atoms with van der Waals surface area (Å²) in [4.78, 5) is 0. The van der Waals surface area contributed by atoms with Crippen molar-refractivity contribution >= 4 is 16.1 Å². The van der Waals surface area contributed by atoms with Crippen molar-refractivity contribution in [2.24, 2.45) is 5.92 Å². The summed E-state index contributed by atoms with van der Waals surface area (Å²) in [6.07, 6.45) is 1.93. The van der Waals surface area contributed by atoms with Crippen LogP contribution in [0.1, 0.15) is 22.5 Å². The van der Waals surface area contributed by atoms with Gasteiger partial charge in [0.25, 0.3) is 0 Å². The van der Waals surface area contributed by atoms with Gasteiger partial charge in [0.2, 0.25) is 0 Å². The molecule has 1 fully saturated rings. The SMILES string of the molecule is [2H]/C(=C1/C/C(=C(\[2H])[Si](C)(C)C)C(C)C1)[Si](C)(C)C. The van der Waals surface area contributed by atoms with Gasteiger partial charge in [-0.3, -0.25) is 0 Å². The van der Waals surface area contributed by atoms with E-state index in [-0.39, 0.29) is 0 Å². The molecule has 0 aromatic rings. The smallest absolute Gasteiger partial charge is 0.0686 e. The van der Waals surface area contributed by atoms with Gasteiger partial charge in [0.05, 0.1) is 18.9 Å². The van der Waals surface area contributed by atoms with Crippen molar-refractivity contribution in [1.82, 2.24) is 0 Å². The second-order valence-electron chi connectivity index (χ2n) is 7.16. The van der Waals surface area contributed by atoms with E-state index in [2.05, 4.69) is 46.2 Å². The minimum absolute atomic E-state index is 0.482. The van der Waals surface area contributed by atoms with E-state index in [0.29, 0.717) is 5.92 Å². The van der Waals surface area contributed by atoms with E-state index in [0.717, 1.165) is 24.2 Å². The lowest BCUT2D eigenvalue weighted by Gasteiger charge is -2.13. The molecule has 0 saturated heterocycles. The zero-order valence-corrected chi connectivity index (χ0v) is 14.0. The number of allylic oxidation sites excluding steroid dienone is 2. The summed E-state index contributed by atoms with van der Waals surface area (Å²) in [6.45, 7) is 15.7. The Labute approximate surface area is 107 Å². The van der Waals surface area contributed by atoms with Crippen molar-refractivity contribution in [2.45, 2.75) is 59.0 Å². The highest BCUT2D eigenvalue weighted by molar-refractivity contribution is 6.81. The van der Waals surface area contributed by atoms with Crippen LogP contribution in [0.2, 0.25) is 39.3 Å². The summed E-state index contributed by atoms with van der Waals surface area (Å²) in [6, 6.07) is 0. The molecule has 16 heavy (non-hydrogen) atoms. The van der Waals surface area contributed by atoms with Gasteiger partial charge < -0.3 is 0 Å². The third-order valence-electron chi connectivity index (χ3n) is 2.64. The van der Waals surface area contributed by atoms with Crippen LogP contribution in [0, 0.1) is 5.92 Å². The molecule has 0 nitrogen and oxygen atoms in total. The third-order valence-corrected chi connectivity index (χ3v) is 4.81. The minimum Gasteiger partial charge on any atom is -0.0954 e. The lowest BCUT2D eigenvalue weighted by Crippen LogP contribution is -2.17. The number of rotatable bonds is 2. The lowest BCUT2D eigenvalue weighted by atomic mass is 10.1. The molecule has 1 saturated carbocycles. The quantitative estimate of drug-likeness (QED) is 0.607. The van der Waals surface area contributed by atoms with E-state index in [4.69, 9.17) is 2.74 Å². The summed E-state index contributed by atoms with van der Waals surface area (Å²) in [5.74, 6) is 0.482. The molecular weight excluding hydrogens is 224 g/mol. The molecule has 0 bridgehead atoms. The standard InChI is InChI=1S/C14H28Si2/c1-12-8-13(10-15(2,3)4)9-14(12)11-16(5,6)7/h10-12H,8-9H2,1-7H3/b13-10-,14-11-/i10D,11D. The van der Waals surface area contributed by atoms with E-state index in [1.807, 2.05) is 0 Å². The third kappa shape index (κ3) is 4.83. The molecule has 0 spiro atoms. The Morgan fingerprint density at radius 3 is 2.00 bits per heavy atom. The van der Waals surface area contributed by atoms with Crippen LogP contribution in [-0.4, -0.2) is 16.1 Å². The second-order valence-corrected chi connectivity index (χ2v) is 16.7. The van der Waals surface area contributed by atoms with Crippen molar-refractivity contribution < 1.29 is 2.74 Å². The van der Waals surface area contributed by atoms with E-state index in [9.17, 15) is 0 Å². The molecular formula is C14H28Si2. The predicted molar refractivity (Wildman–Crippen MR) is 81.3 cm³/mol. The Hall–Kier alpha value is -0.0862. The molecule has 0 amide bonds. The van der Waals surface area contributed by atoms with Gasteiger partial charge in [0, 0.05) is 0 Å². The Balaban J connectivity index is 3.14. The van der Waals surface area contributed by atoms with E-state index in [1.165, 1.54) is 11.1 Å². The number of hydrogen-bond acceptors (Lipinski definition) is 0. The van der Waals surface area contributed by atoms with E-state index >= 15 is 0 Å². The average Bonchev–Trinajstić information content (AvgIpc) is 2.55. The molecule has 2 heteroatoms. The first-order valence-corrected chi connectivity index (χ1v) is 13.3. The second kappa shape index (κ2) is 4.65. The normalized spacial score (nSPS) is 31.1. The highest BCUT2D eigenvalue weighted by atomic mass is 28.3. The van der Waals surface area contributed by atoms with Gasteiger partial charge in [-0.25, -0.2) is 0 Å². The summed E-state index contributed by atoms with van der Waals surface area (Å²) in [5, 5.41) is 0. The molecule has 0 aromatic heterocycles. The van der Waals surface area contributed by atoms with Crippen LogP contribution in [0.15, 0.2) is 22.5 Å². The molecule has 1 aliphatic rings. The van der Waals surface area contributed by atoms with Crippen LogP contribution in [0.4, 0.5) is 0 Å². The molecule has 0 aliphatic heterocycles. The largest absolute Gasteiger partial charge is 0.0954 e. The van der Waals surface area contributed by atoms with Crippen LogP contribution in [-0.2, 0) is 0 Å². The minimum atomic E-state index is -1.50. The maximum absolute atomic E-state index is 8.41. The summed E-state index contributed by atoms with van der Waals surface area (Å²) >= 11 is 0. The van der Waals surface area contributed by atoms with Gasteiger partial charge in [0.15, 0.2) is 0 Å². The van der Waals surface area contributed by atoms with Crippen LogP contribution in [0.3, 0.4) is 0 Å². The van der Waals surface area contributed by atoms with Gasteiger partial charge in [-0.05, 0) is 18.8 Å². The highest BCUT2D eigenvalue weighted by Crippen LogP contribution is 2.36. The Bertz CT molecular complexity index is 395. The van der Waals surface area contributed by atoms with E-state index in [1.54, 1.807) is 0 Å². The summed E-state index contributed by atoms with van der Waals surface area (Å²) in [7, 11) is -3.00. The Kier molecular flexibility index (Phi) is 3.21. The van der Waals surface area contributed by atoms with Crippen molar-refractivity contribution in [3.63, 3.8) is 0 Å². The number of hydrogen-bond donors (Lipinski definition) is 0. The molecule has 0 N–H and O–H groups in total. The van der Waals surface area contributed by atoms with Crippen molar-refractivity contribution in [3.8, 4) is 0 Å².